The first kappa shape index (κ1) is 20.7. The maximum Gasteiger partial charge on any atom is 0.417 e. The van der Waals surface area contributed by atoms with Crippen molar-refractivity contribution in [2.24, 2.45) is 0 Å². The smallest absolute Gasteiger partial charge is 0.362 e. The Morgan fingerprint density at radius 1 is 1.20 bits per heavy atom. The van der Waals surface area contributed by atoms with Crippen molar-refractivity contribution in [3.63, 3.8) is 0 Å². The minimum absolute atomic E-state index is 0.130. The SMILES string of the molecule is N#Cc1ccc(S(=O)(=O)NC(=O)COCC(F)(F)F)cc1C(F)(F)F. The van der Waals surface area contributed by atoms with Gasteiger partial charge in [0.15, 0.2) is 0 Å². The van der Waals surface area contributed by atoms with E-state index in [1.807, 2.05) is 0 Å². The summed E-state index contributed by atoms with van der Waals surface area (Å²) in [6.45, 7) is -3.09. The summed E-state index contributed by atoms with van der Waals surface area (Å²) < 4.78 is 103. The van der Waals surface area contributed by atoms with Crippen molar-refractivity contribution in [3.8, 4) is 6.07 Å². The molecule has 0 saturated heterocycles. The maximum absolute atomic E-state index is 12.8. The van der Waals surface area contributed by atoms with E-state index < -0.39 is 57.5 Å². The molecule has 0 radical (unpaired) electrons. The molecule has 1 N–H and O–H groups in total. The van der Waals surface area contributed by atoms with Gasteiger partial charge in [0.25, 0.3) is 15.9 Å². The summed E-state index contributed by atoms with van der Waals surface area (Å²) in [5.41, 5.74) is -2.38. The number of hydrogen-bond acceptors (Lipinski definition) is 5. The molecular formula is C12H8F6N2O4S. The lowest BCUT2D eigenvalue weighted by molar-refractivity contribution is -0.175. The Morgan fingerprint density at radius 2 is 1.80 bits per heavy atom. The maximum atomic E-state index is 12.8. The zero-order valence-electron chi connectivity index (χ0n) is 11.9. The number of carbonyl (C=O) groups is 1. The molecule has 0 unspecified atom stereocenters. The topological polar surface area (TPSA) is 96.3 Å². The number of carbonyl (C=O) groups excluding carboxylic acids is 1. The number of alkyl halides is 6. The fraction of sp³-hybridized carbons (Fsp3) is 0.333. The van der Waals surface area contributed by atoms with E-state index >= 15 is 0 Å². The second-order valence-electron chi connectivity index (χ2n) is 4.45. The molecule has 25 heavy (non-hydrogen) atoms. The van der Waals surface area contributed by atoms with Crippen molar-refractivity contribution in [1.82, 2.24) is 4.72 Å². The highest BCUT2D eigenvalue weighted by molar-refractivity contribution is 7.90. The van der Waals surface area contributed by atoms with Crippen molar-refractivity contribution >= 4 is 15.9 Å². The van der Waals surface area contributed by atoms with Gasteiger partial charge in [-0.05, 0) is 18.2 Å². The van der Waals surface area contributed by atoms with E-state index in [1.165, 1.54) is 10.8 Å². The molecule has 1 amide bonds. The van der Waals surface area contributed by atoms with Crippen LogP contribution in [-0.4, -0.2) is 33.7 Å². The summed E-state index contributed by atoms with van der Waals surface area (Å²) in [6.07, 6.45) is -9.77. The Morgan fingerprint density at radius 3 is 2.28 bits per heavy atom. The summed E-state index contributed by atoms with van der Waals surface area (Å²) >= 11 is 0. The molecule has 13 heteroatoms. The summed E-state index contributed by atoms with van der Waals surface area (Å²) in [5, 5.41) is 8.61. The van der Waals surface area contributed by atoms with Gasteiger partial charge in [-0.15, -0.1) is 0 Å². The highest BCUT2D eigenvalue weighted by Gasteiger charge is 2.35. The molecule has 0 heterocycles. The van der Waals surface area contributed by atoms with Gasteiger partial charge in [-0.25, -0.2) is 13.1 Å². The van der Waals surface area contributed by atoms with Crippen LogP contribution in [0.25, 0.3) is 0 Å². The lowest BCUT2D eigenvalue weighted by Crippen LogP contribution is -2.34. The second-order valence-corrected chi connectivity index (χ2v) is 6.14. The number of benzene rings is 1. The van der Waals surface area contributed by atoms with Gasteiger partial charge in [-0.3, -0.25) is 4.79 Å². The fourth-order valence-corrected chi connectivity index (χ4v) is 2.52. The first-order valence-electron chi connectivity index (χ1n) is 6.08. The summed E-state index contributed by atoms with van der Waals surface area (Å²) in [4.78, 5) is 10.3. The second kappa shape index (κ2) is 7.28. The van der Waals surface area contributed by atoms with Crippen molar-refractivity contribution < 1.29 is 44.3 Å². The standard InChI is InChI=1S/C12H8F6N2O4S/c13-11(14,15)6-24-5-10(21)20-25(22,23)8-2-1-7(4-19)9(3-8)12(16,17)18/h1-3H,5-6H2,(H,20,21). The molecule has 1 rings (SSSR count). The molecule has 1 aromatic rings. The Kier molecular flexibility index (Phi) is 6.03. The third-order valence-electron chi connectivity index (χ3n) is 2.47. The number of nitrogens with one attached hydrogen (secondary N) is 1. The molecule has 0 bridgehead atoms. The molecule has 1 aromatic carbocycles. The van der Waals surface area contributed by atoms with Crippen molar-refractivity contribution in [2.45, 2.75) is 17.2 Å². The van der Waals surface area contributed by atoms with E-state index in [9.17, 15) is 39.6 Å². The van der Waals surface area contributed by atoms with Gasteiger partial charge in [0, 0.05) is 0 Å². The Hall–Kier alpha value is -2.33. The van der Waals surface area contributed by atoms with Crippen LogP contribution in [0.4, 0.5) is 26.3 Å². The van der Waals surface area contributed by atoms with E-state index in [-0.39, 0.29) is 6.07 Å². The van der Waals surface area contributed by atoms with E-state index in [1.54, 1.807) is 0 Å². The van der Waals surface area contributed by atoms with Crippen molar-refractivity contribution in [2.75, 3.05) is 13.2 Å². The van der Waals surface area contributed by atoms with Gasteiger partial charge in [0.05, 0.1) is 22.1 Å². The summed E-state index contributed by atoms with van der Waals surface area (Å²) in [6, 6.07) is 2.59. The monoisotopic (exact) mass is 390 g/mol. The number of amides is 1. The highest BCUT2D eigenvalue weighted by atomic mass is 32.2. The van der Waals surface area contributed by atoms with Crippen molar-refractivity contribution in [1.29, 1.82) is 5.26 Å². The summed E-state index contributed by atoms with van der Waals surface area (Å²) in [5.74, 6) is -1.51. The van der Waals surface area contributed by atoms with Crippen LogP contribution in [0.1, 0.15) is 11.1 Å². The van der Waals surface area contributed by atoms with Crippen LogP contribution in [0.15, 0.2) is 23.1 Å². The first-order chi connectivity index (χ1) is 11.3. The zero-order chi connectivity index (χ0) is 19.5. The average Bonchev–Trinajstić information content (AvgIpc) is 2.43. The molecule has 0 spiro atoms. The Bertz CT molecular complexity index is 795. The minimum atomic E-state index is -5.03. The molecule has 138 valence electrons. The number of rotatable bonds is 5. The quantitative estimate of drug-likeness (QED) is 0.776. The van der Waals surface area contributed by atoms with Crippen LogP contribution in [0, 0.1) is 11.3 Å². The van der Waals surface area contributed by atoms with Crippen LogP contribution in [-0.2, 0) is 25.7 Å². The minimum Gasteiger partial charge on any atom is -0.362 e. The molecule has 0 aliphatic carbocycles. The highest BCUT2D eigenvalue weighted by Crippen LogP contribution is 2.33. The first-order valence-corrected chi connectivity index (χ1v) is 7.56. The zero-order valence-corrected chi connectivity index (χ0v) is 12.7. The van der Waals surface area contributed by atoms with Gasteiger partial charge in [0.1, 0.15) is 13.2 Å². The molecule has 0 aliphatic heterocycles. The molecule has 0 aromatic heterocycles. The number of halogens is 6. The number of ether oxygens (including phenoxy) is 1. The molecule has 0 aliphatic rings. The average molecular weight is 390 g/mol. The van der Waals surface area contributed by atoms with Crippen LogP contribution in [0.5, 0.6) is 0 Å². The summed E-state index contributed by atoms with van der Waals surface area (Å²) in [7, 11) is -4.80. The Labute approximate surface area is 137 Å². The largest absolute Gasteiger partial charge is 0.417 e. The number of hydrogen-bond donors (Lipinski definition) is 1. The van der Waals surface area contributed by atoms with Gasteiger partial charge in [-0.2, -0.15) is 31.6 Å². The fourth-order valence-electron chi connectivity index (χ4n) is 1.52. The van der Waals surface area contributed by atoms with E-state index in [0.717, 1.165) is 0 Å². The number of sulfonamides is 1. The molecular weight excluding hydrogens is 382 g/mol. The number of nitriles is 1. The van der Waals surface area contributed by atoms with Crippen LogP contribution < -0.4 is 4.72 Å². The molecule has 0 saturated carbocycles. The molecule has 6 nitrogen and oxygen atoms in total. The lowest BCUT2D eigenvalue weighted by atomic mass is 10.1. The lowest BCUT2D eigenvalue weighted by Gasteiger charge is -2.12. The van der Waals surface area contributed by atoms with E-state index in [4.69, 9.17) is 5.26 Å². The predicted octanol–water partition coefficient (Wildman–Crippen LogP) is 1.96. The van der Waals surface area contributed by atoms with Gasteiger partial charge >= 0.3 is 12.4 Å². The third-order valence-corrected chi connectivity index (χ3v) is 3.85. The van der Waals surface area contributed by atoms with Gasteiger partial charge < -0.3 is 4.74 Å². The normalized spacial score (nSPS) is 12.5. The van der Waals surface area contributed by atoms with Gasteiger partial charge in [-0.1, -0.05) is 0 Å². The van der Waals surface area contributed by atoms with Gasteiger partial charge in [0.2, 0.25) is 0 Å². The van der Waals surface area contributed by atoms with E-state index in [2.05, 4.69) is 4.74 Å². The third kappa shape index (κ3) is 6.24. The molecule has 0 atom stereocenters. The predicted molar refractivity (Wildman–Crippen MR) is 68.4 cm³/mol. The van der Waals surface area contributed by atoms with E-state index in [0.29, 0.717) is 12.1 Å². The van der Waals surface area contributed by atoms with Crippen LogP contribution >= 0.6 is 0 Å². The van der Waals surface area contributed by atoms with Crippen molar-refractivity contribution in [3.05, 3.63) is 29.3 Å². The number of nitrogens with zero attached hydrogens (tertiary/aromatic N) is 1. The molecule has 0 fully saturated rings. The Balaban J connectivity index is 2.96. The van der Waals surface area contributed by atoms with Crippen LogP contribution in [0.3, 0.4) is 0 Å². The van der Waals surface area contributed by atoms with Crippen LogP contribution in [0.2, 0.25) is 0 Å².